The second-order valence-corrected chi connectivity index (χ2v) is 7.14. The molecule has 2 unspecified atom stereocenters. The third-order valence-corrected chi connectivity index (χ3v) is 4.69. The predicted octanol–water partition coefficient (Wildman–Crippen LogP) is 1.72. The number of carbonyl (C=O) groups excluding carboxylic acids is 1. The van der Waals surface area contributed by atoms with Crippen LogP contribution in [0.3, 0.4) is 0 Å². The molecule has 1 saturated heterocycles. The molecule has 1 aromatic carbocycles. The van der Waals surface area contributed by atoms with Gasteiger partial charge in [0.2, 0.25) is 5.91 Å². The molecule has 0 aliphatic carbocycles. The first-order chi connectivity index (χ1) is 11.0. The van der Waals surface area contributed by atoms with Crippen molar-refractivity contribution in [2.24, 2.45) is 0 Å². The van der Waals surface area contributed by atoms with E-state index in [1.807, 2.05) is 49.9 Å². The molecule has 1 amide bonds. The maximum absolute atomic E-state index is 11.9. The van der Waals surface area contributed by atoms with E-state index in [-0.39, 0.29) is 24.6 Å². The Bertz CT molecular complexity index is 487. The maximum Gasteiger partial charge on any atom is 0.221 e. The van der Waals surface area contributed by atoms with Gasteiger partial charge >= 0.3 is 0 Å². The van der Waals surface area contributed by atoms with Crippen LogP contribution in [-0.2, 0) is 4.79 Å². The van der Waals surface area contributed by atoms with Gasteiger partial charge in [-0.1, -0.05) is 12.1 Å². The molecular formula is C17H26N2O3S. The zero-order chi connectivity index (χ0) is 16.7. The van der Waals surface area contributed by atoms with Crippen molar-refractivity contribution in [2.45, 2.75) is 38.5 Å². The second-order valence-electron chi connectivity index (χ2n) is 5.99. The molecule has 1 heterocycles. The van der Waals surface area contributed by atoms with E-state index in [4.69, 9.17) is 4.74 Å². The summed E-state index contributed by atoms with van der Waals surface area (Å²) in [6.45, 7) is 5.12. The van der Waals surface area contributed by atoms with Crippen molar-refractivity contribution < 1.29 is 14.6 Å². The molecule has 0 radical (unpaired) electrons. The fourth-order valence-electron chi connectivity index (χ4n) is 2.42. The minimum atomic E-state index is -0.708. The van der Waals surface area contributed by atoms with Crippen LogP contribution in [0.2, 0.25) is 0 Å². The van der Waals surface area contributed by atoms with Gasteiger partial charge in [0.1, 0.15) is 5.75 Å². The first-order valence-corrected chi connectivity index (χ1v) is 9.22. The summed E-state index contributed by atoms with van der Waals surface area (Å²) in [5, 5.41) is 16.3. The number of benzene rings is 1. The highest BCUT2D eigenvalue weighted by Gasteiger charge is 2.17. The number of hydrogen-bond acceptors (Lipinski definition) is 5. The molecule has 0 aromatic heterocycles. The zero-order valence-electron chi connectivity index (χ0n) is 13.7. The SMILES string of the molecule is CC(C)Oc1ccc(C(O)CNC(=O)CC2CSCCN2)cc1. The summed E-state index contributed by atoms with van der Waals surface area (Å²) in [7, 11) is 0. The van der Waals surface area contributed by atoms with Gasteiger partial charge in [-0.05, 0) is 31.5 Å². The summed E-state index contributed by atoms with van der Waals surface area (Å²) in [4.78, 5) is 11.9. The van der Waals surface area contributed by atoms with Crippen molar-refractivity contribution in [3.05, 3.63) is 29.8 Å². The van der Waals surface area contributed by atoms with E-state index in [0.29, 0.717) is 6.42 Å². The summed E-state index contributed by atoms with van der Waals surface area (Å²) in [5.74, 6) is 2.82. The quantitative estimate of drug-likeness (QED) is 0.706. The molecule has 1 fully saturated rings. The molecule has 0 saturated carbocycles. The summed E-state index contributed by atoms with van der Waals surface area (Å²) in [6, 6.07) is 7.56. The highest BCUT2D eigenvalue weighted by molar-refractivity contribution is 7.99. The Hall–Kier alpha value is -1.24. The Balaban J connectivity index is 1.75. The highest BCUT2D eigenvalue weighted by atomic mass is 32.2. The number of amides is 1. The summed E-state index contributed by atoms with van der Waals surface area (Å²) >= 11 is 1.87. The molecule has 3 N–H and O–H groups in total. The minimum absolute atomic E-state index is 0.0242. The molecule has 2 rings (SSSR count). The summed E-state index contributed by atoms with van der Waals surface area (Å²) < 4.78 is 5.57. The molecule has 0 spiro atoms. The van der Waals surface area contributed by atoms with Crippen molar-refractivity contribution in [1.29, 1.82) is 0 Å². The van der Waals surface area contributed by atoms with E-state index >= 15 is 0 Å². The standard InChI is InChI=1S/C17H26N2O3S/c1-12(2)22-15-5-3-13(4-6-15)16(20)10-19-17(21)9-14-11-23-8-7-18-14/h3-6,12,14,16,18,20H,7-11H2,1-2H3,(H,19,21). The molecule has 0 bridgehead atoms. The highest BCUT2D eigenvalue weighted by Crippen LogP contribution is 2.18. The molecule has 1 aliphatic heterocycles. The lowest BCUT2D eigenvalue weighted by Gasteiger charge is -2.22. The first-order valence-electron chi connectivity index (χ1n) is 8.07. The molecule has 128 valence electrons. The van der Waals surface area contributed by atoms with Gasteiger partial charge in [0.25, 0.3) is 0 Å². The minimum Gasteiger partial charge on any atom is -0.491 e. The van der Waals surface area contributed by atoms with E-state index in [1.54, 1.807) is 0 Å². The maximum atomic E-state index is 11.9. The average molecular weight is 338 g/mol. The second kappa shape index (κ2) is 9.15. The monoisotopic (exact) mass is 338 g/mol. The number of carbonyl (C=O) groups is 1. The Morgan fingerprint density at radius 2 is 2.17 bits per heavy atom. The van der Waals surface area contributed by atoms with Gasteiger partial charge in [0.05, 0.1) is 12.2 Å². The predicted molar refractivity (Wildman–Crippen MR) is 93.9 cm³/mol. The molecule has 1 aromatic rings. The van der Waals surface area contributed by atoms with Crippen LogP contribution in [0, 0.1) is 0 Å². The molecule has 5 nitrogen and oxygen atoms in total. The van der Waals surface area contributed by atoms with Crippen molar-refractivity contribution in [1.82, 2.24) is 10.6 Å². The summed E-state index contributed by atoms with van der Waals surface area (Å²) in [6.07, 6.45) is -0.127. The fourth-order valence-corrected chi connectivity index (χ4v) is 3.36. The van der Waals surface area contributed by atoms with E-state index in [9.17, 15) is 9.90 Å². The van der Waals surface area contributed by atoms with Crippen molar-refractivity contribution in [3.63, 3.8) is 0 Å². The topological polar surface area (TPSA) is 70.6 Å². The van der Waals surface area contributed by atoms with Gasteiger partial charge < -0.3 is 20.5 Å². The third-order valence-electron chi connectivity index (χ3n) is 3.56. The number of hydrogen-bond donors (Lipinski definition) is 3. The van der Waals surface area contributed by atoms with E-state index < -0.39 is 6.10 Å². The van der Waals surface area contributed by atoms with Crippen molar-refractivity contribution in [2.75, 3.05) is 24.6 Å². The van der Waals surface area contributed by atoms with Gasteiger partial charge in [0.15, 0.2) is 0 Å². The number of ether oxygens (including phenoxy) is 1. The Morgan fingerprint density at radius 3 is 2.78 bits per heavy atom. The lowest BCUT2D eigenvalue weighted by molar-refractivity contribution is -0.121. The van der Waals surface area contributed by atoms with Crippen molar-refractivity contribution >= 4 is 17.7 Å². The van der Waals surface area contributed by atoms with Crippen molar-refractivity contribution in [3.8, 4) is 5.75 Å². The van der Waals surface area contributed by atoms with Crippen LogP contribution < -0.4 is 15.4 Å². The van der Waals surface area contributed by atoms with Crippen LogP contribution in [-0.4, -0.2) is 47.8 Å². The number of aliphatic hydroxyl groups is 1. The lowest BCUT2D eigenvalue weighted by atomic mass is 10.1. The van der Waals surface area contributed by atoms with Crippen LogP contribution in [0.25, 0.3) is 0 Å². The van der Waals surface area contributed by atoms with E-state index in [2.05, 4.69) is 10.6 Å². The van der Waals surface area contributed by atoms with Gasteiger partial charge in [-0.25, -0.2) is 0 Å². The largest absolute Gasteiger partial charge is 0.491 e. The van der Waals surface area contributed by atoms with Gasteiger partial charge in [-0.2, -0.15) is 11.8 Å². The first kappa shape index (κ1) is 18.1. The smallest absolute Gasteiger partial charge is 0.221 e. The number of thioether (sulfide) groups is 1. The summed E-state index contributed by atoms with van der Waals surface area (Å²) in [5.41, 5.74) is 0.771. The normalized spacial score (nSPS) is 19.4. The van der Waals surface area contributed by atoms with Gasteiger partial charge in [-0.3, -0.25) is 4.79 Å². The van der Waals surface area contributed by atoms with Gasteiger partial charge in [-0.15, -0.1) is 0 Å². The lowest BCUT2D eigenvalue weighted by Crippen LogP contribution is -2.41. The van der Waals surface area contributed by atoms with Crippen LogP contribution in [0.4, 0.5) is 0 Å². The van der Waals surface area contributed by atoms with Gasteiger partial charge in [0, 0.05) is 37.1 Å². The fraction of sp³-hybridized carbons (Fsp3) is 0.588. The average Bonchev–Trinajstić information content (AvgIpc) is 2.54. The zero-order valence-corrected chi connectivity index (χ0v) is 14.6. The number of aliphatic hydroxyl groups excluding tert-OH is 1. The van der Waals surface area contributed by atoms with Crippen LogP contribution in [0.1, 0.15) is 31.9 Å². The Kier molecular flexibility index (Phi) is 7.20. The molecule has 2 atom stereocenters. The third kappa shape index (κ3) is 6.41. The molecular weight excluding hydrogens is 312 g/mol. The van der Waals surface area contributed by atoms with Crippen LogP contribution in [0.5, 0.6) is 5.75 Å². The van der Waals surface area contributed by atoms with Crippen LogP contribution in [0.15, 0.2) is 24.3 Å². The number of rotatable bonds is 7. The molecule has 6 heteroatoms. The number of nitrogens with one attached hydrogen (secondary N) is 2. The molecule has 23 heavy (non-hydrogen) atoms. The Morgan fingerprint density at radius 1 is 1.43 bits per heavy atom. The van der Waals surface area contributed by atoms with E-state index in [0.717, 1.165) is 29.4 Å². The Labute approximate surface area is 142 Å². The van der Waals surface area contributed by atoms with E-state index in [1.165, 1.54) is 0 Å². The van der Waals surface area contributed by atoms with Crippen LogP contribution >= 0.6 is 11.8 Å². The molecule has 1 aliphatic rings.